The summed E-state index contributed by atoms with van der Waals surface area (Å²) in [5, 5.41) is 12.7. The van der Waals surface area contributed by atoms with Crippen LogP contribution in [0.4, 0.5) is 24.7 Å². The molecule has 3 aromatic heterocycles. The molecule has 12 heteroatoms. The second-order valence-corrected chi connectivity index (χ2v) is 7.37. The third kappa shape index (κ3) is 7.34. The number of anilines is 2. The van der Waals surface area contributed by atoms with E-state index in [-0.39, 0.29) is 40.4 Å². The fourth-order valence-electron chi connectivity index (χ4n) is 2.97. The molecule has 0 radical (unpaired) electrons. The summed E-state index contributed by atoms with van der Waals surface area (Å²) in [6.45, 7) is 2.92. The second kappa shape index (κ2) is 11.9. The van der Waals surface area contributed by atoms with Gasteiger partial charge in [-0.2, -0.15) is 13.2 Å². The molecule has 3 aromatic rings. The minimum Gasteiger partial charge on any atom is -0.380 e. The first kappa shape index (κ1) is 26.3. The van der Waals surface area contributed by atoms with Gasteiger partial charge in [0.25, 0.3) is 11.5 Å². The lowest BCUT2D eigenvalue weighted by Gasteiger charge is -2.15. The Bertz CT molecular complexity index is 1290. The number of carbonyl (C=O) groups is 1. The third-order valence-corrected chi connectivity index (χ3v) is 4.78. The van der Waals surface area contributed by atoms with Gasteiger partial charge in [-0.25, -0.2) is 4.98 Å². The van der Waals surface area contributed by atoms with Gasteiger partial charge in [0.05, 0.1) is 29.8 Å². The molecule has 0 unspecified atom stereocenters. The minimum atomic E-state index is -4.76. The molecule has 0 aliphatic rings. The molecule has 9 nitrogen and oxygen atoms in total. The van der Waals surface area contributed by atoms with Crippen LogP contribution in [0.25, 0.3) is 0 Å². The van der Waals surface area contributed by atoms with Crippen LogP contribution in [0.15, 0.2) is 77.8 Å². The summed E-state index contributed by atoms with van der Waals surface area (Å²) in [4.78, 5) is 32.3. The molecule has 3 heterocycles. The molecule has 0 fully saturated rings. The SMILES string of the molecule is CCOCCn1cc(C(=O)Nc2ccc(N/C(=C\C(=N)c3cccnc3)C(F)(F)F)cn2)ccc1=O. The Morgan fingerprint density at radius 1 is 1.14 bits per heavy atom. The third-order valence-electron chi connectivity index (χ3n) is 4.78. The number of rotatable bonds is 10. The van der Waals surface area contributed by atoms with Crippen molar-refractivity contribution in [3.63, 3.8) is 0 Å². The zero-order valence-electron chi connectivity index (χ0n) is 19.2. The number of aromatic nitrogens is 3. The summed E-state index contributed by atoms with van der Waals surface area (Å²) >= 11 is 0. The van der Waals surface area contributed by atoms with Crippen molar-refractivity contribution in [3.05, 3.63) is 94.4 Å². The number of hydrogen-bond donors (Lipinski definition) is 3. The molecule has 0 atom stereocenters. The monoisotopic (exact) mass is 500 g/mol. The first-order chi connectivity index (χ1) is 17.2. The summed E-state index contributed by atoms with van der Waals surface area (Å²) < 4.78 is 47.2. The van der Waals surface area contributed by atoms with Crippen LogP contribution < -0.4 is 16.2 Å². The predicted octanol–water partition coefficient (Wildman–Crippen LogP) is 3.85. The van der Waals surface area contributed by atoms with Gasteiger partial charge in [0.1, 0.15) is 11.5 Å². The van der Waals surface area contributed by atoms with Crippen molar-refractivity contribution in [1.82, 2.24) is 14.5 Å². The highest BCUT2D eigenvalue weighted by molar-refractivity contribution is 6.07. The van der Waals surface area contributed by atoms with Gasteiger partial charge < -0.3 is 25.3 Å². The first-order valence-corrected chi connectivity index (χ1v) is 10.8. The Labute approximate surface area is 204 Å². The zero-order chi connectivity index (χ0) is 26.1. The molecule has 0 saturated heterocycles. The molecule has 3 N–H and O–H groups in total. The highest BCUT2D eigenvalue weighted by Gasteiger charge is 2.34. The van der Waals surface area contributed by atoms with Gasteiger partial charge in [0.2, 0.25) is 0 Å². The number of halogens is 3. The van der Waals surface area contributed by atoms with E-state index in [1.165, 1.54) is 59.6 Å². The van der Waals surface area contributed by atoms with Gasteiger partial charge >= 0.3 is 6.18 Å². The molecule has 188 valence electrons. The molecule has 0 aromatic carbocycles. The molecular formula is C24H23F3N6O3. The van der Waals surface area contributed by atoms with Crippen LogP contribution in [-0.4, -0.2) is 45.5 Å². The van der Waals surface area contributed by atoms with E-state index in [9.17, 15) is 22.8 Å². The van der Waals surface area contributed by atoms with Crippen LogP contribution >= 0.6 is 0 Å². The molecule has 0 saturated carbocycles. The number of pyridine rings is 3. The van der Waals surface area contributed by atoms with Crippen molar-refractivity contribution in [1.29, 1.82) is 5.41 Å². The van der Waals surface area contributed by atoms with Crippen LogP contribution in [-0.2, 0) is 11.3 Å². The molecular weight excluding hydrogens is 477 g/mol. The van der Waals surface area contributed by atoms with E-state index >= 15 is 0 Å². The van der Waals surface area contributed by atoms with E-state index in [1.807, 2.05) is 6.92 Å². The van der Waals surface area contributed by atoms with Crippen molar-refractivity contribution in [2.24, 2.45) is 0 Å². The Morgan fingerprint density at radius 3 is 2.58 bits per heavy atom. The number of nitrogens with one attached hydrogen (secondary N) is 3. The maximum atomic E-state index is 13.5. The summed E-state index contributed by atoms with van der Waals surface area (Å²) in [5.41, 5.74) is -1.40. The van der Waals surface area contributed by atoms with E-state index in [0.717, 1.165) is 6.20 Å². The van der Waals surface area contributed by atoms with E-state index in [2.05, 4.69) is 20.6 Å². The maximum absolute atomic E-state index is 13.5. The van der Waals surface area contributed by atoms with Crippen molar-refractivity contribution >= 4 is 23.1 Å². The molecule has 0 spiro atoms. The van der Waals surface area contributed by atoms with Crippen LogP contribution in [0.5, 0.6) is 0 Å². The van der Waals surface area contributed by atoms with E-state index in [1.54, 1.807) is 0 Å². The predicted molar refractivity (Wildman–Crippen MR) is 128 cm³/mol. The van der Waals surface area contributed by atoms with Gasteiger partial charge in [0.15, 0.2) is 0 Å². The van der Waals surface area contributed by atoms with Crippen molar-refractivity contribution < 1.29 is 22.7 Å². The minimum absolute atomic E-state index is 0.0000319. The van der Waals surface area contributed by atoms with Crippen LogP contribution in [0.1, 0.15) is 22.8 Å². The first-order valence-electron chi connectivity index (χ1n) is 10.8. The molecule has 36 heavy (non-hydrogen) atoms. The largest absolute Gasteiger partial charge is 0.431 e. The van der Waals surface area contributed by atoms with Crippen molar-refractivity contribution in [2.75, 3.05) is 23.8 Å². The van der Waals surface area contributed by atoms with Crippen LogP contribution in [0, 0.1) is 5.41 Å². The number of carbonyl (C=O) groups excluding carboxylic acids is 1. The van der Waals surface area contributed by atoms with Crippen molar-refractivity contribution in [3.8, 4) is 0 Å². The fraction of sp³-hybridized carbons (Fsp3) is 0.208. The highest BCUT2D eigenvalue weighted by atomic mass is 19.4. The highest BCUT2D eigenvalue weighted by Crippen LogP contribution is 2.27. The Kier molecular flexibility index (Phi) is 8.68. The van der Waals surface area contributed by atoms with Gasteiger partial charge in [-0.15, -0.1) is 0 Å². The van der Waals surface area contributed by atoms with Gasteiger partial charge in [-0.1, -0.05) is 0 Å². The zero-order valence-corrected chi connectivity index (χ0v) is 19.2. The summed E-state index contributed by atoms with van der Waals surface area (Å²) in [6.07, 6.45) is 1.15. The molecule has 1 amide bonds. The lowest BCUT2D eigenvalue weighted by molar-refractivity contribution is -0.0901. The normalized spacial score (nSPS) is 11.7. The van der Waals surface area contributed by atoms with Gasteiger partial charge in [-0.3, -0.25) is 14.6 Å². The average Bonchev–Trinajstić information content (AvgIpc) is 2.86. The quantitative estimate of drug-likeness (QED) is 0.287. The Hall–Kier alpha value is -4.32. The molecule has 0 bridgehead atoms. The lowest BCUT2D eigenvalue weighted by Crippen LogP contribution is -2.24. The lowest BCUT2D eigenvalue weighted by atomic mass is 10.1. The number of nitrogens with zero attached hydrogens (tertiary/aromatic N) is 3. The second-order valence-electron chi connectivity index (χ2n) is 7.37. The van der Waals surface area contributed by atoms with Crippen molar-refractivity contribution in [2.45, 2.75) is 19.6 Å². The van der Waals surface area contributed by atoms with E-state index in [4.69, 9.17) is 10.1 Å². The van der Waals surface area contributed by atoms with E-state index in [0.29, 0.717) is 19.3 Å². The fourth-order valence-corrected chi connectivity index (χ4v) is 2.97. The number of alkyl halides is 3. The number of allylic oxidation sites excluding steroid dienone is 2. The topological polar surface area (TPSA) is 122 Å². The van der Waals surface area contributed by atoms with Gasteiger partial charge in [0, 0.05) is 43.4 Å². The number of amides is 1. The number of ether oxygens (including phenoxy) is 1. The summed E-state index contributed by atoms with van der Waals surface area (Å²) in [6, 6.07) is 8.25. The van der Waals surface area contributed by atoms with Crippen LogP contribution in [0.3, 0.4) is 0 Å². The Morgan fingerprint density at radius 2 is 1.94 bits per heavy atom. The van der Waals surface area contributed by atoms with Gasteiger partial charge in [-0.05, 0) is 43.3 Å². The molecule has 0 aliphatic carbocycles. The standard InChI is InChI=1S/C24H23F3N6O3/c1-2-36-11-10-33-15-17(5-8-22(33)34)23(35)32-21-7-6-18(14-30-21)31-20(24(25,26)27)12-19(28)16-4-3-9-29-13-16/h3-9,12-15,28,31H,2,10-11H2,1H3,(H,30,32,35)/b20-12-,28-19?. The Balaban J connectivity index is 1.70. The number of hydrogen-bond acceptors (Lipinski definition) is 7. The molecule has 0 aliphatic heterocycles. The van der Waals surface area contributed by atoms with E-state index < -0.39 is 17.8 Å². The smallest absolute Gasteiger partial charge is 0.380 e. The maximum Gasteiger partial charge on any atom is 0.431 e. The average molecular weight is 500 g/mol. The summed E-state index contributed by atoms with van der Waals surface area (Å²) in [7, 11) is 0. The summed E-state index contributed by atoms with van der Waals surface area (Å²) in [5.74, 6) is -0.451. The van der Waals surface area contributed by atoms with Crippen LogP contribution in [0.2, 0.25) is 0 Å². The molecule has 3 rings (SSSR count).